The minimum Gasteiger partial charge on any atom is -0.480 e. The first-order valence-corrected chi connectivity index (χ1v) is 5.38. The molecule has 5 N–H and O–H groups in total. The molecule has 0 fully saturated rings. The van der Waals surface area contributed by atoms with E-state index in [2.05, 4.69) is 5.32 Å². The predicted molar refractivity (Wildman–Crippen MR) is 64.6 cm³/mol. The average molecular weight is 252 g/mol. The number of hydrogen-bond donors (Lipinski definition) is 4. The van der Waals surface area contributed by atoms with Crippen LogP contribution in [0.15, 0.2) is 30.3 Å². The van der Waals surface area contributed by atoms with Gasteiger partial charge in [-0.05, 0) is 12.5 Å². The number of amides is 1. The van der Waals surface area contributed by atoms with Gasteiger partial charge in [-0.3, -0.25) is 4.79 Å². The molecular weight excluding hydrogens is 236 g/mol. The first-order valence-electron chi connectivity index (χ1n) is 5.38. The van der Waals surface area contributed by atoms with Gasteiger partial charge >= 0.3 is 5.97 Å². The number of rotatable bonds is 5. The van der Waals surface area contributed by atoms with Crippen molar-refractivity contribution in [3.05, 3.63) is 35.9 Å². The molecule has 98 valence electrons. The Kier molecular flexibility index (Phi) is 4.41. The van der Waals surface area contributed by atoms with Gasteiger partial charge in [0, 0.05) is 0 Å². The first-order chi connectivity index (χ1) is 8.39. The molecule has 0 spiro atoms. The maximum Gasteiger partial charge on any atom is 0.328 e. The van der Waals surface area contributed by atoms with E-state index in [0.717, 1.165) is 0 Å². The molecular formula is C12H16N2O4. The number of benzene rings is 1. The van der Waals surface area contributed by atoms with Crippen LogP contribution in [0.25, 0.3) is 0 Å². The highest BCUT2D eigenvalue weighted by molar-refractivity contribution is 5.90. The van der Waals surface area contributed by atoms with Gasteiger partial charge in [-0.1, -0.05) is 30.3 Å². The summed E-state index contributed by atoms with van der Waals surface area (Å²) in [5.41, 5.74) is 5.10. The van der Waals surface area contributed by atoms with E-state index < -0.39 is 30.1 Å². The number of aliphatic hydroxyl groups excluding tert-OH is 1. The highest BCUT2D eigenvalue weighted by Crippen LogP contribution is 2.17. The molecule has 0 aliphatic heterocycles. The van der Waals surface area contributed by atoms with E-state index in [-0.39, 0.29) is 0 Å². The molecule has 0 bridgehead atoms. The lowest BCUT2D eigenvalue weighted by molar-refractivity contribution is -0.143. The number of aliphatic carboxylic acids is 1. The molecule has 0 aliphatic rings. The number of carbonyl (C=O) groups is 2. The van der Waals surface area contributed by atoms with Gasteiger partial charge in [0.25, 0.3) is 0 Å². The van der Waals surface area contributed by atoms with Gasteiger partial charge in [-0.2, -0.15) is 0 Å². The van der Waals surface area contributed by atoms with E-state index in [4.69, 9.17) is 15.9 Å². The second-order valence-electron chi connectivity index (χ2n) is 4.12. The van der Waals surface area contributed by atoms with Crippen LogP contribution in [-0.2, 0) is 15.1 Å². The van der Waals surface area contributed by atoms with Crippen LogP contribution in [0.3, 0.4) is 0 Å². The average Bonchev–Trinajstić information content (AvgIpc) is 2.36. The van der Waals surface area contributed by atoms with Crippen molar-refractivity contribution in [2.75, 3.05) is 6.61 Å². The highest BCUT2D eigenvalue weighted by Gasteiger charge is 2.33. The monoisotopic (exact) mass is 252 g/mol. The molecule has 0 saturated carbocycles. The third-order valence-electron chi connectivity index (χ3n) is 2.63. The Balaban J connectivity index is 2.86. The molecule has 0 saturated heterocycles. The second kappa shape index (κ2) is 5.61. The maximum absolute atomic E-state index is 11.9. The van der Waals surface area contributed by atoms with Crippen molar-refractivity contribution in [2.24, 2.45) is 5.73 Å². The Morgan fingerprint density at radius 1 is 1.39 bits per heavy atom. The van der Waals surface area contributed by atoms with Crippen LogP contribution < -0.4 is 11.1 Å². The molecule has 0 radical (unpaired) electrons. The lowest BCUT2D eigenvalue weighted by atomic mass is 9.92. The third-order valence-corrected chi connectivity index (χ3v) is 2.63. The summed E-state index contributed by atoms with van der Waals surface area (Å²) in [6.45, 7) is 0.792. The summed E-state index contributed by atoms with van der Waals surface area (Å²) in [7, 11) is 0. The minimum absolute atomic E-state index is 0.560. The fourth-order valence-electron chi connectivity index (χ4n) is 1.41. The van der Waals surface area contributed by atoms with Gasteiger partial charge in [0.1, 0.15) is 11.6 Å². The Morgan fingerprint density at radius 2 is 1.94 bits per heavy atom. The van der Waals surface area contributed by atoms with Crippen molar-refractivity contribution in [2.45, 2.75) is 18.5 Å². The van der Waals surface area contributed by atoms with Gasteiger partial charge in [-0.25, -0.2) is 4.79 Å². The number of nitrogens with two attached hydrogens (primary N) is 1. The Hall–Kier alpha value is -1.92. The van der Waals surface area contributed by atoms with E-state index in [1.54, 1.807) is 30.3 Å². The highest BCUT2D eigenvalue weighted by atomic mass is 16.4. The zero-order chi connectivity index (χ0) is 13.8. The van der Waals surface area contributed by atoms with Crippen LogP contribution in [-0.4, -0.2) is 34.7 Å². The SMILES string of the molecule is CC(N)(C(=O)NC(CO)C(=O)O)c1ccccc1. The van der Waals surface area contributed by atoms with Crippen LogP contribution in [0.4, 0.5) is 0 Å². The van der Waals surface area contributed by atoms with Crippen molar-refractivity contribution in [3.8, 4) is 0 Å². The summed E-state index contributed by atoms with van der Waals surface area (Å²) in [4.78, 5) is 22.6. The van der Waals surface area contributed by atoms with Gasteiger partial charge in [0.15, 0.2) is 0 Å². The molecule has 18 heavy (non-hydrogen) atoms. The number of aliphatic hydroxyl groups is 1. The van der Waals surface area contributed by atoms with Gasteiger partial charge in [0.2, 0.25) is 5.91 Å². The van der Waals surface area contributed by atoms with Crippen molar-refractivity contribution >= 4 is 11.9 Å². The molecule has 6 nitrogen and oxygen atoms in total. The molecule has 2 unspecified atom stereocenters. The zero-order valence-corrected chi connectivity index (χ0v) is 9.96. The first kappa shape index (κ1) is 14.1. The third kappa shape index (κ3) is 3.06. The van der Waals surface area contributed by atoms with Crippen LogP contribution in [0.5, 0.6) is 0 Å². The second-order valence-corrected chi connectivity index (χ2v) is 4.12. The normalized spacial score (nSPS) is 15.5. The number of carboxylic acids is 1. The summed E-state index contributed by atoms with van der Waals surface area (Å²) in [6.07, 6.45) is 0. The fraction of sp³-hybridized carbons (Fsp3) is 0.333. The molecule has 0 heterocycles. The summed E-state index contributed by atoms with van der Waals surface area (Å²) in [5, 5.41) is 19.8. The Morgan fingerprint density at radius 3 is 2.39 bits per heavy atom. The van der Waals surface area contributed by atoms with Crippen molar-refractivity contribution in [3.63, 3.8) is 0 Å². The summed E-state index contributed by atoms with van der Waals surface area (Å²) in [6, 6.07) is 7.24. The minimum atomic E-state index is -1.36. The summed E-state index contributed by atoms with van der Waals surface area (Å²) >= 11 is 0. The van der Waals surface area contributed by atoms with Crippen molar-refractivity contribution < 1.29 is 19.8 Å². The van der Waals surface area contributed by atoms with E-state index >= 15 is 0 Å². The van der Waals surface area contributed by atoms with Gasteiger partial charge in [-0.15, -0.1) is 0 Å². The molecule has 6 heteroatoms. The molecule has 1 amide bonds. The lowest BCUT2D eigenvalue weighted by Crippen LogP contribution is -2.54. The number of carboxylic acid groups (broad SMARTS) is 1. The van der Waals surface area contributed by atoms with Crippen LogP contribution in [0.1, 0.15) is 12.5 Å². The van der Waals surface area contributed by atoms with Gasteiger partial charge in [0.05, 0.1) is 6.61 Å². The summed E-state index contributed by atoms with van der Waals surface area (Å²) < 4.78 is 0. The number of hydrogen-bond acceptors (Lipinski definition) is 4. The van der Waals surface area contributed by atoms with Crippen LogP contribution in [0, 0.1) is 0 Å². The molecule has 0 aromatic heterocycles. The van der Waals surface area contributed by atoms with E-state index in [1.165, 1.54) is 6.92 Å². The topological polar surface area (TPSA) is 113 Å². The number of carbonyl (C=O) groups excluding carboxylic acids is 1. The van der Waals surface area contributed by atoms with Crippen molar-refractivity contribution in [1.82, 2.24) is 5.32 Å². The van der Waals surface area contributed by atoms with E-state index in [9.17, 15) is 9.59 Å². The molecule has 1 aromatic carbocycles. The van der Waals surface area contributed by atoms with Crippen LogP contribution in [0.2, 0.25) is 0 Å². The van der Waals surface area contributed by atoms with Gasteiger partial charge < -0.3 is 21.3 Å². The fourth-order valence-corrected chi connectivity index (χ4v) is 1.41. The largest absolute Gasteiger partial charge is 0.480 e. The molecule has 1 aromatic rings. The van der Waals surface area contributed by atoms with E-state index in [0.29, 0.717) is 5.56 Å². The smallest absolute Gasteiger partial charge is 0.328 e. The molecule has 2 atom stereocenters. The van der Waals surface area contributed by atoms with E-state index in [1.807, 2.05) is 0 Å². The standard InChI is InChI=1S/C12H16N2O4/c1-12(13,8-5-3-2-4-6-8)11(18)14-9(7-15)10(16)17/h2-6,9,15H,7,13H2,1H3,(H,14,18)(H,16,17). The van der Waals surface area contributed by atoms with Crippen LogP contribution >= 0.6 is 0 Å². The predicted octanol–water partition coefficient (Wildman–Crippen LogP) is -0.578. The molecule has 1 rings (SSSR count). The lowest BCUT2D eigenvalue weighted by Gasteiger charge is -2.25. The van der Waals surface area contributed by atoms with Crippen molar-refractivity contribution in [1.29, 1.82) is 0 Å². The molecule has 0 aliphatic carbocycles. The Labute approximate surface area is 104 Å². The number of nitrogens with one attached hydrogen (secondary N) is 1. The zero-order valence-electron chi connectivity index (χ0n) is 9.96. The summed E-state index contributed by atoms with van der Waals surface area (Å²) in [5.74, 6) is -1.97. The maximum atomic E-state index is 11.9. The Bertz CT molecular complexity index is 431. The quantitative estimate of drug-likeness (QED) is 0.560.